The fourth-order valence-electron chi connectivity index (χ4n) is 0.929. The van der Waals surface area contributed by atoms with Crippen LogP contribution >= 0.6 is 11.6 Å². The molecule has 3 heteroatoms. The molecule has 0 spiro atoms. The van der Waals surface area contributed by atoms with E-state index in [1.165, 1.54) is 12.1 Å². The van der Waals surface area contributed by atoms with Gasteiger partial charge in [0.15, 0.2) is 0 Å². The summed E-state index contributed by atoms with van der Waals surface area (Å²) in [5, 5.41) is 0.137. The van der Waals surface area contributed by atoms with Crippen LogP contribution in [0.5, 0.6) is 5.75 Å². The van der Waals surface area contributed by atoms with E-state index >= 15 is 0 Å². The molecule has 1 fully saturated rings. The lowest BCUT2D eigenvalue weighted by atomic mass is 10.3. The summed E-state index contributed by atoms with van der Waals surface area (Å²) < 4.78 is 18.2. The van der Waals surface area contributed by atoms with Crippen molar-refractivity contribution in [1.29, 1.82) is 0 Å². The molecule has 0 unspecified atom stereocenters. The molecule has 1 aliphatic rings. The van der Waals surface area contributed by atoms with Gasteiger partial charge in [-0.05, 0) is 25.0 Å². The first-order valence-corrected chi connectivity index (χ1v) is 4.25. The summed E-state index contributed by atoms with van der Waals surface area (Å²) in [5.41, 5.74) is 0. The van der Waals surface area contributed by atoms with Crippen molar-refractivity contribution in [3.8, 4) is 5.75 Å². The fourth-order valence-corrected chi connectivity index (χ4v) is 1.05. The summed E-state index contributed by atoms with van der Waals surface area (Å²) in [4.78, 5) is 0. The van der Waals surface area contributed by atoms with Crippen molar-refractivity contribution in [1.82, 2.24) is 0 Å². The lowest BCUT2D eigenvalue weighted by Gasteiger charge is -2.03. The second-order valence-corrected chi connectivity index (χ2v) is 3.30. The molecule has 0 heterocycles. The summed E-state index contributed by atoms with van der Waals surface area (Å²) in [5.74, 6) is 0.147. The molecule has 1 aromatic rings. The summed E-state index contributed by atoms with van der Waals surface area (Å²) in [6.45, 7) is 0. The van der Waals surface area contributed by atoms with Crippen molar-refractivity contribution in [2.45, 2.75) is 18.9 Å². The first-order valence-electron chi connectivity index (χ1n) is 3.87. The molecule has 64 valence electrons. The highest BCUT2D eigenvalue weighted by atomic mass is 35.5. The van der Waals surface area contributed by atoms with Crippen molar-refractivity contribution in [2.24, 2.45) is 0 Å². The Hall–Kier alpha value is -0.760. The molecule has 0 N–H and O–H groups in total. The summed E-state index contributed by atoms with van der Waals surface area (Å²) >= 11 is 5.50. The van der Waals surface area contributed by atoms with E-state index in [0.717, 1.165) is 12.8 Å². The van der Waals surface area contributed by atoms with E-state index in [2.05, 4.69) is 0 Å². The van der Waals surface area contributed by atoms with Crippen LogP contribution in [0.3, 0.4) is 0 Å². The minimum absolute atomic E-state index is 0.137. The largest absolute Gasteiger partial charge is 0.490 e. The van der Waals surface area contributed by atoms with Gasteiger partial charge < -0.3 is 4.74 Å². The second-order valence-electron chi connectivity index (χ2n) is 2.89. The minimum Gasteiger partial charge on any atom is -0.490 e. The summed E-state index contributed by atoms with van der Waals surface area (Å²) in [6, 6.07) is 4.51. The van der Waals surface area contributed by atoms with E-state index < -0.39 is 5.82 Å². The van der Waals surface area contributed by atoms with E-state index in [9.17, 15) is 4.39 Å². The molecule has 0 bridgehead atoms. The average Bonchev–Trinajstić information content (AvgIpc) is 2.81. The Bertz CT molecular complexity index is 297. The van der Waals surface area contributed by atoms with Crippen molar-refractivity contribution < 1.29 is 9.13 Å². The van der Waals surface area contributed by atoms with Crippen molar-refractivity contribution in [3.63, 3.8) is 0 Å². The van der Waals surface area contributed by atoms with E-state index in [4.69, 9.17) is 16.3 Å². The van der Waals surface area contributed by atoms with Crippen molar-refractivity contribution >= 4 is 11.6 Å². The van der Waals surface area contributed by atoms with Gasteiger partial charge in [-0.25, -0.2) is 4.39 Å². The third-order valence-electron chi connectivity index (χ3n) is 1.72. The third-order valence-corrected chi connectivity index (χ3v) is 2.02. The van der Waals surface area contributed by atoms with Gasteiger partial charge in [0.1, 0.15) is 11.6 Å². The maximum Gasteiger partial charge on any atom is 0.145 e. The highest BCUT2D eigenvalue weighted by Gasteiger charge is 2.23. The Labute approximate surface area is 75.1 Å². The zero-order valence-corrected chi connectivity index (χ0v) is 7.14. The average molecular weight is 187 g/mol. The highest BCUT2D eigenvalue weighted by Crippen LogP contribution is 2.28. The van der Waals surface area contributed by atoms with Gasteiger partial charge >= 0.3 is 0 Å². The minimum atomic E-state index is -0.421. The van der Waals surface area contributed by atoms with Crippen LogP contribution in [-0.4, -0.2) is 6.10 Å². The Kier molecular flexibility index (Phi) is 1.93. The number of rotatable bonds is 2. The van der Waals surface area contributed by atoms with Crippen LogP contribution < -0.4 is 4.74 Å². The van der Waals surface area contributed by atoms with Crippen LogP contribution in [0.1, 0.15) is 12.8 Å². The molecule has 2 rings (SSSR count). The van der Waals surface area contributed by atoms with E-state index in [1.54, 1.807) is 6.07 Å². The molecule has 0 radical (unpaired) electrons. The SMILES string of the molecule is Fc1cc(OC2CC2)ccc1Cl. The lowest BCUT2D eigenvalue weighted by Crippen LogP contribution is -1.95. The van der Waals surface area contributed by atoms with E-state index in [0.29, 0.717) is 11.9 Å². The molecule has 1 saturated carbocycles. The van der Waals surface area contributed by atoms with Gasteiger partial charge in [0, 0.05) is 6.07 Å². The standard InChI is InChI=1S/C9H8ClFO/c10-8-4-3-7(5-9(8)11)12-6-1-2-6/h3-6H,1-2H2. The highest BCUT2D eigenvalue weighted by molar-refractivity contribution is 6.30. The van der Waals surface area contributed by atoms with Crippen LogP contribution in [0.25, 0.3) is 0 Å². The molecule has 0 amide bonds. The molecule has 1 aromatic carbocycles. The zero-order chi connectivity index (χ0) is 8.55. The number of hydrogen-bond donors (Lipinski definition) is 0. The smallest absolute Gasteiger partial charge is 0.145 e. The van der Waals surface area contributed by atoms with E-state index in [-0.39, 0.29) is 5.02 Å². The third kappa shape index (κ3) is 1.69. The van der Waals surface area contributed by atoms with Crippen LogP contribution in [0.15, 0.2) is 18.2 Å². The van der Waals surface area contributed by atoms with Gasteiger partial charge in [-0.2, -0.15) is 0 Å². The number of ether oxygens (including phenoxy) is 1. The van der Waals surface area contributed by atoms with Gasteiger partial charge in [-0.3, -0.25) is 0 Å². The quantitative estimate of drug-likeness (QED) is 0.690. The van der Waals surface area contributed by atoms with Gasteiger partial charge in [-0.1, -0.05) is 11.6 Å². The summed E-state index contributed by atoms with van der Waals surface area (Å²) in [7, 11) is 0. The predicted octanol–water partition coefficient (Wildman–Crippen LogP) is 3.02. The first-order chi connectivity index (χ1) is 5.75. The Morgan fingerprint density at radius 1 is 1.42 bits per heavy atom. The molecular formula is C9H8ClFO. The predicted molar refractivity (Wildman–Crippen MR) is 45.1 cm³/mol. The maximum absolute atomic E-state index is 12.8. The normalized spacial score (nSPS) is 16.2. The van der Waals surface area contributed by atoms with Crippen LogP contribution in [0.4, 0.5) is 4.39 Å². The molecule has 12 heavy (non-hydrogen) atoms. The Balaban J connectivity index is 2.15. The maximum atomic E-state index is 12.8. The molecule has 0 saturated heterocycles. The Morgan fingerprint density at radius 2 is 2.17 bits per heavy atom. The van der Waals surface area contributed by atoms with Gasteiger partial charge in [-0.15, -0.1) is 0 Å². The molecule has 1 nitrogen and oxygen atoms in total. The number of halogens is 2. The fraction of sp³-hybridized carbons (Fsp3) is 0.333. The van der Waals surface area contributed by atoms with Crippen molar-refractivity contribution in [3.05, 3.63) is 29.0 Å². The molecule has 1 aliphatic carbocycles. The van der Waals surface area contributed by atoms with Crippen molar-refractivity contribution in [2.75, 3.05) is 0 Å². The first kappa shape index (κ1) is 7.87. The molecule has 0 aliphatic heterocycles. The van der Waals surface area contributed by atoms with E-state index in [1.807, 2.05) is 0 Å². The van der Waals surface area contributed by atoms with Crippen LogP contribution in [0, 0.1) is 5.82 Å². The summed E-state index contributed by atoms with van der Waals surface area (Å²) in [6.07, 6.45) is 2.44. The number of hydrogen-bond acceptors (Lipinski definition) is 1. The monoisotopic (exact) mass is 186 g/mol. The number of benzene rings is 1. The van der Waals surface area contributed by atoms with Crippen LogP contribution in [0.2, 0.25) is 5.02 Å². The zero-order valence-electron chi connectivity index (χ0n) is 6.39. The van der Waals surface area contributed by atoms with Gasteiger partial charge in [0.25, 0.3) is 0 Å². The van der Waals surface area contributed by atoms with Crippen LogP contribution in [-0.2, 0) is 0 Å². The van der Waals surface area contributed by atoms with Gasteiger partial charge in [0.2, 0.25) is 0 Å². The Morgan fingerprint density at radius 3 is 2.75 bits per heavy atom. The molecule has 0 aromatic heterocycles. The molecular weight excluding hydrogens is 179 g/mol. The molecule has 0 atom stereocenters. The topological polar surface area (TPSA) is 9.23 Å². The second kappa shape index (κ2) is 2.94. The van der Waals surface area contributed by atoms with Gasteiger partial charge in [0.05, 0.1) is 11.1 Å². The lowest BCUT2D eigenvalue weighted by molar-refractivity contribution is 0.301.